The number of anilines is 1. The van der Waals surface area contributed by atoms with E-state index in [0.29, 0.717) is 11.4 Å². The predicted octanol–water partition coefficient (Wildman–Crippen LogP) is 0.156. The standard InChI is InChI=1S/C8H11N3O/c1-10-2-3-11-5-6(9)4-7(11)8(10)12/h4-5H,2-3,9H2,1H3. The van der Waals surface area contributed by atoms with Gasteiger partial charge in [0.2, 0.25) is 0 Å². The molecule has 2 N–H and O–H groups in total. The van der Waals surface area contributed by atoms with Crippen molar-refractivity contribution in [1.29, 1.82) is 0 Å². The van der Waals surface area contributed by atoms with Gasteiger partial charge in [0.15, 0.2) is 0 Å². The molecule has 0 fully saturated rings. The van der Waals surface area contributed by atoms with Crippen molar-refractivity contribution in [3.8, 4) is 0 Å². The highest BCUT2D eigenvalue weighted by Crippen LogP contribution is 2.16. The smallest absolute Gasteiger partial charge is 0.270 e. The van der Waals surface area contributed by atoms with Gasteiger partial charge >= 0.3 is 0 Å². The van der Waals surface area contributed by atoms with Crippen LogP contribution in [0.1, 0.15) is 10.5 Å². The van der Waals surface area contributed by atoms with Gasteiger partial charge in [0.05, 0.1) is 5.69 Å². The van der Waals surface area contributed by atoms with Crippen LogP contribution in [0.3, 0.4) is 0 Å². The number of amides is 1. The first kappa shape index (κ1) is 7.21. The maximum Gasteiger partial charge on any atom is 0.270 e. The summed E-state index contributed by atoms with van der Waals surface area (Å²) in [5, 5.41) is 0. The van der Waals surface area contributed by atoms with Crippen molar-refractivity contribution in [2.45, 2.75) is 6.54 Å². The van der Waals surface area contributed by atoms with Crippen LogP contribution >= 0.6 is 0 Å². The summed E-state index contributed by atoms with van der Waals surface area (Å²) in [6, 6.07) is 1.72. The molecule has 0 aromatic carbocycles. The van der Waals surface area contributed by atoms with Gasteiger partial charge in [-0.1, -0.05) is 0 Å². The van der Waals surface area contributed by atoms with E-state index in [-0.39, 0.29) is 5.91 Å². The topological polar surface area (TPSA) is 51.3 Å². The third kappa shape index (κ3) is 0.879. The zero-order valence-corrected chi connectivity index (χ0v) is 6.95. The number of fused-ring (bicyclic) bond motifs is 1. The Morgan fingerprint density at radius 1 is 1.50 bits per heavy atom. The molecule has 1 amide bonds. The molecule has 1 aliphatic heterocycles. The number of hydrogen-bond donors (Lipinski definition) is 1. The maximum atomic E-state index is 11.5. The van der Waals surface area contributed by atoms with Crippen molar-refractivity contribution in [2.24, 2.45) is 0 Å². The molecule has 0 saturated heterocycles. The van der Waals surface area contributed by atoms with Crippen LogP contribution in [0.2, 0.25) is 0 Å². The van der Waals surface area contributed by atoms with Crippen molar-refractivity contribution in [2.75, 3.05) is 19.3 Å². The van der Waals surface area contributed by atoms with Crippen molar-refractivity contribution in [3.63, 3.8) is 0 Å². The number of rotatable bonds is 0. The molecule has 64 valence electrons. The Kier molecular flexibility index (Phi) is 1.36. The van der Waals surface area contributed by atoms with E-state index in [4.69, 9.17) is 5.73 Å². The Morgan fingerprint density at radius 2 is 2.25 bits per heavy atom. The molecule has 2 heterocycles. The van der Waals surface area contributed by atoms with E-state index in [1.807, 2.05) is 4.57 Å². The van der Waals surface area contributed by atoms with Crippen LogP contribution in [0.15, 0.2) is 12.3 Å². The summed E-state index contributed by atoms with van der Waals surface area (Å²) in [6.45, 7) is 1.61. The lowest BCUT2D eigenvalue weighted by Crippen LogP contribution is -2.36. The van der Waals surface area contributed by atoms with Gasteiger partial charge in [-0.25, -0.2) is 0 Å². The molecule has 0 saturated carbocycles. The van der Waals surface area contributed by atoms with Crippen molar-refractivity contribution in [1.82, 2.24) is 9.47 Å². The SMILES string of the molecule is CN1CCn2cc(N)cc2C1=O. The van der Waals surface area contributed by atoms with E-state index in [1.165, 1.54) is 0 Å². The number of carbonyl (C=O) groups excluding carboxylic acids is 1. The molecular weight excluding hydrogens is 154 g/mol. The van der Waals surface area contributed by atoms with Gasteiger partial charge in [0.25, 0.3) is 5.91 Å². The molecule has 0 aliphatic carbocycles. The number of nitrogens with two attached hydrogens (primary N) is 1. The van der Waals surface area contributed by atoms with E-state index in [2.05, 4.69) is 0 Å². The van der Waals surface area contributed by atoms with Gasteiger partial charge in [0.1, 0.15) is 5.69 Å². The van der Waals surface area contributed by atoms with Gasteiger partial charge in [-0.2, -0.15) is 0 Å². The minimum absolute atomic E-state index is 0.0537. The Bertz CT molecular complexity index is 329. The lowest BCUT2D eigenvalue weighted by atomic mass is 10.3. The second-order valence-electron chi connectivity index (χ2n) is 3.08. The van der Waals surface area contributed by atoms with Crippen LogP contribution < -0.4 is 5.73 Å². The lowest BCUT2D eigenvalue weighted by molar-refractivity contribution is 0.0749. The van der Waals surface area contributed by atoms with E-state index < -0.39 is 0 Å². The van der Waals surface area contributed by atoms with Crippen LogP contribution in [-0.4, -0.2) is 29.0 Å². The first-order chi connectivity index (χ1) is 5.68. The summed E-state index contributed by atoms with van der Waals surface area (Å²) >= 11 is 0. The molecule has 1 aromatic rings. The first-order valence-electron chi connectivity index (χ1n) is 3.89. The summed E-state index contributed by atoms with van der Waals surface area (Å²) in [5.41, 5.74) is 6.93. The molecule has 4 heteroatoms. The maximum absolute atomic E-state index is 11.5. The van der Waals surface area contributed by atoms with Gasteiger partial charge in [-0.05, 0) is 6.07 Å². The molecule has 0 spiro atoms. The highest BCUT2D eigenvalue weighted by molar-refractivity contribution is 5.94. The van der Waals surface area contributed by atoms with E-state index in [1.54, 1.807) is 24.2 Å². The number of nitrogen functional groups attached to an aromatic ring is 1. The number of nitrogens with zero attached hydrogens (tertiary/aromatic N) is 2. The zero-order chi connectivity index (χ0) is 8.72. The van der Waals surface area contributed by atoms with Crippen molar-refractivity contribution in [3.05, 3.63) is 18.0 Å². The Labute approximate surface area is 70.6 Å². The van der Waals surface area contributed by atoms with E-state index in [0.717, 1.165) is 13.1 Å². The number of carbonyl (C=O) groups is 1. The molecule has 2 rings (SSSR count). The second kappa shape index (κ2) is 2.27. The third-order valence-electron chi connectivity index (χ3n) is 2.16. The van der Waals surface area contributed by atoms with Crippen LogP contribution in [0.25, 0.3) is 0 Å². The number of hydrogen-bond acceptors (Lipinski definition) is 2. The summed E-state index contributed by atoms with van der Waals surface area (Å²) in [4.78, 5) is 13.2. The van der Waals surface area contributed by atoms with E-state index in [9.17, 15) is 4.79 Å². The lowest BCUT2D eigenvalue weighted by Gasteiger charge is -2.23. The zero-order valence-electron chi connectivity index (χ0n) is 6.95. The van der Waals surface area contributed by atoms with Gasteiger partial charge < -0.3 is 15.2 Å². The fourth-order valence-corrected chi connectivity index (χ4v) is 1.45. The summed E-state index contributed by atoms with van der Waals surface area (Å²) in [5.74, 6) is 0.0537. The fourth-order valence-electron chi connectivity index (χ4n) is 1.45. The summed E-state index contributed by atoms with van der Waals surface area (Å²) < 4.78 is 1.90. The number of aromatic nitrogens is 1. The van der Waals surface area contributed by atoms with Crippen molar-refractivity contribution >= 4 is 11.6 Å². The Balaban J connectivity index is 2.48. The number of likely N-dealkylation sites (N-methyl/N-ethyl adjacent to an activating group) is 1. The molecule has 0 atom stereocenters. The van der Waals surface area contributed by atoms with Crippen LogP contribution in [0.4, 0.5) is 5.69 Å². The highest BCUT2D eigenvalue weighted by Gasteiger charge is 2.21. The predicted molar refractivity (Wildman–Crippen MR) is 45.8 cm³/mol. The van der Waals surface area contributed by atoms with Gasteiger partial charge in [0, 0.05) is 26.3 Å². The molecular formula is C8H11N3O. The summed E-state index contributed by atoms with van der Waals surface area (Å²) in [7, 11) is 1.80. The Morgan fingerprint density at radius 3 is 3.00 bits per heavy atom. The molecule has 1 aliphatic rings. The second-order valence-corrected chi connectivity index (χ2v) is 3.08. The highest BCUT2D eigenvalue weighted by atomic mass is 16.2. The molecule has 4 nitrogen and oxygen atoms in total. The fraction of sp³-hybridized carbons (Fsp3) is 0.375. The quantitative estimate of drug-likeness (QED) is 0.595. The third-order valence-corrected chi connectivity index (χ3v) is 2.16. The van der Waals surface area contributed by atoms with Gasteiger partial charge in [-0.3, -0.25) is 4.79 Å². The molecule has 0 unspecified atom stereocenters. The average Bonchev–Trinajstić information content (AvgIpc) is 2.39. The molecule has 1 aromatic heterocycles. The minimum atomic E-state index is 0.0537. The van der Waals surface area contributed by atoms with Crippen LogP contribution in [0, 0.1) is 0 Å². The Hall–Kier alpha value is -1.45. The van der Waals surface area contributed by atoms with Gasteiger partial charge in [-0.15, -0.1) is 0 Å². The molecule has 12 heavy (non-hydrogen) atoms. The summed E-state index contributed by atoms with van der Waals surface area (Å²) in [6.07, 6.45) is 1.81. The minimum Gasteiger partial charge on any atom is -0.397 e. The first-order valence-corrected chi connectivity index (χ1v) is 3.89. The molecule has 0 radical (unpaired) electrons. The largest absolute Gasteiger partial charge is 0.397 e. The average molecular weight is 165 g/mol. The van der Waals surface area contributed by atoms with Crippen LogP contribution in [0.5, 0.6) is 0 Å². The molecule has 0 bridgehead atoms. The van der Waals surface area contributed by atoms with Crippen LogP contribution in [-0.2, 0) is 6.54 Å². The van der Waals surface area contributed by atoms with Crippen molar-refractivity contribution < 1.29 is 4.79 Å². The van der Waals surface area contributed by atoms with E-state index >= 15 is 0 Å². The monoisotopic (exact) mass is 165 g/mol. The normalized spacial score (nSPS) is 16.4.